The number of hydrogen-bond donors (Lipinski definition) is 1. The molecule has 3 heteroatoms. The predicted octanol–water partition coefficient (Wildman–Crippen LogP) is 1.61. The lowest BCUT2D eigenvalue weighted by Crippen LogP contribution is -2.10. The van der Waals surface area contributed by atoms with Crippen LogP contribution in [-0.4, -0.2) is 23.4 Å². The van der Waals surface area contributed by atoms with Crippen molar-refractivity contribution in [3.63, 3.8) is 0 Å². The molecule has 0 unspecified atom stereocenters. The molecule has 0 bridgehead atoms. The van der Waals surface area contributed by atoms with Crippen LogP contribution in [0.1, 0.15) is 25.1 Å². The van der Waals surface area contributed by atoms with Crippen LogP contribution in [0.4, 0.5) is 0 Å². The average molecular weight is 195 g/mol. The Hall–Kier alpha value is -0.830. The highest BCUT2D eigenvalue weighted by Gasteiger charge is 2.04. The molecule has 0 saturated heterocycles. The molecule has 14 heavy (non-hydrogen) atoms. The van der Waals surface area contributed by atoms with Crippen LogP contribution in [0.25, 0.3) is 0 Å². The number of likely N-dealkylation sites (N-methyl/N-ethyl adjacent to an activating group) is 1. The Bertz CT molecular complexity index is 276. The molecule has 0 aromatic carbocycles. The lowest BCUT2D eigenvalue weighted by Gasteiger charge is -2.03. The van der Waals surface area contributed by atoms with Gasteiger partial charge in [-0.1, -0.05) is 13.8 Å². The normalized spacial score (nSPS) is 11.2. The monoisotopic (exact) mass is 195 g/mol. The molecule has 80 valence electrons. The lowest BCUT2D eigenvalue weighted by molar-refractivity contribution is 0.481. The van der Waals surface area contributed by atoms with Gasteiger partial charge in [-0.2, -0.15) is 5.10 Å². The van der Waals surface area contributed by atoms with Gasteiger partial charge in [-0.15, -0.1) is 0 Å². The molecule has 0 radical (unpaired) electrons. The predicted molar refractivity (Wildman–Crippen MR) is 59.4 cm³/mol. The van der Waals surface area contributed by atoms with Crippen LogP contribution in [0.15, 0.2) is 6.20 Å². The van der Waals surface area contributed by atoms with Gasteiger partial charge in [0, 0.05) is 12.7 Å². The first kappa shape index (κ1) is 11.2. The maximum Gasteiger partial charge on any atom is 0.0626 e. The van der Waals surface area contributed by atoms with Gasteiger partial charge in [0.05, 0.1) is 5.69 Å². The van der Waals surface area contributed by atoms with Crippen molar-refractivity contribution in [2.24, 2.45) is 5.92 Å². The van der Waals surface area contributed by atoms with Gasteiger partial charge in [-0.3, -0.25) is 4.68 Å². The highest BCUT2D eigenvalue weighted by molar-refractivity contribution is 5.15. The molecule has 1 aromatic heterocycles. The van der Waals surface area contributed by atoms with Crippen molar-refractivity contribution in [3.05, 3.63) is 17.5 Å². The van der Waals surface area contributed by atoms with Crippen LogP contribution in [0.5, 0.6) is 0 Å². The van der Waals surface area contributed by atoms with Crippen LogP contribution in [0.3, 0.4) is 0 Å². The Morgan fingerprint density at radius 2 is 2.21 bits per heavy atom. The number of rotatable bonds is 5. The maximum absolute atomic E-state index is 4.49. The fourth-order valence-electron chi connectivity index (χ4n) is 1.53. The maximum atomic E-state index is 4.49. The molecule has 0 atom stereocenters. The highest BCUT2D eigenvalue weighted by atomic mass is 15.3. The molecule has 3 nitrogen and oxygen atoms in total. The minimum absolute atomic E-state index is 0.659. The minimum atomic E-state index is 0.659. The number of hydrogen-bond acceptors (Lipinski definition) is 2. The van der Waals surface area contributed by atoms with Gasteiger partial charge < -0.3 is 5.32 Å². The number of nitrogens with one attached hydrogen (secondary N) is 1. The molecule has 1 rings (SSSR count). The molecular formula is C11H21N3. The van der Waals surface area contributed by atoms with Gasteiger partial charge in [0.15, 0.2) is 0 Å². The highest BCUT2D eigenvalue weighted by Crippen LogP contribution is 2.07. The van der Waals surface area contributed by atoms with Crippen molar-refractivity contribution < 1.29 is 0 Å². The zero-order valence-corrected chi connectivity index (χ0v) is 9.67. The molecule has 0 saturated carbocycles. The second kappa shape index (κ2) is 5.15. The van der Waals surface area contributed by atoms with Crippen molar-refractivity contribution >= 4 is 0 Å². The summed E-state index contributed by atoms with van der Waals surface area (Å²) in [4.78, 5) is 0. The quantitative estimate of drug-likeness (QED) is 0.773. The first-order valence-corrected chi connectivity index (χ1v) is 5.31. The van der Waals surface area contributed by atoms with E-state index in [1.165, 1.54) is 11.3 Å². The Morgan fingerprint density at radius 3 is 2.79 bits per heavy atom. The second-order valence-electron chi connectivity index (χ2n) is 4.21. The van der Waals surface area contributed by atoms with E-state index in [9.17, 15) is 0 Å². The standard InChI is InChI=1S/C11H21N3/c1-9(2)7-14-8-11(5-6-12-4)10(3)13-14/h8-9,12H,5-7H2,1-4H3. The first-order chi connectivity index (χ1) is 6.63. The van der Waals surface area contributed by atoms with Gasteiger partial charge in [-0.05, 0) is 38.4 Å². The van der Waals surface area contributed by atoms with E-state index in [2.05, 4.69) is 42.1 Å². The Balaban J connectivity index is 2.62. The summed E-state index contributed by atoms with van der Waals surface area (Å²) in [6.45, 7) is 8.55. The largest absolute Gasteiger partial charge is 0.319 e. The third-order valence-corrected chi connectivity index (χ3v) is 2.24. The van der Waals surface area contributed by atoms with Gasteiger partial charge >= 0.3 is 0 Å². The van der Waals surface area contributed by atoms with Gasteiger partial charge in [-0.25, -0.2) is 0 Å². The van der Waals surface area contributed by atoms with Crippen molar-refractivity contribution in [1.29, 1.82) is 0 Å². The van der Waals surface area contributed by atoms with E-state index in [0.717, 1.165) is 19.5 Å². The van der Waals surface area contributed by atoms with E-state index < -0.39 is 0 Å². The number of nitrogens with zero attached hydrogens (tertiary/aromatic N) is 2. The topological polar surface area (TPSA) is 29.9 Å². The molecule has 0 aliphatic heterocycles. The average Bonchev–Trinajstić information content (AvgIpc) is 2.41. The summed E-state index contributed by atoms with van der Waals surface area (Å²) >= 11 is 0. The summed E-state index contributed by atoms with van der Waals surface area (Å²) < 4.78 is 2.06. The van der Waals surface area contributed by atoms with Crippen molar-refractivity contribution in [1.82, 2.24) is 15.1 Å². The molecule has 1 heterocycles. The van der Waals surface area contributed by atoms with Crippen LogP contribution in [0, 0.1) is 12.8 Å². The number of aryl methyl sites for hydroxylation is 1. The van der Waals surface area contributed by atoms with Crippen LogP contribution in [-0.2, 0) is 13.0 Å². The molecule has 1 N–H and O–H groups in total. The number of aromatic nitrogens is 2. The summed E-state index contributed by atoms with van der Waals surface area (Å²) in [5, 5.41) is 7.65. The van der Waals surface area contributed by atoms with E-state index >= 15 is 0 Å². The molecule has 0 spiro atoms. The Kier molecular flexibility index (Phi) is 4.14. The molecule has 1 aromatic rings. The zero-order valence-electron chi connectivity index (χ0n) is 9.67. The summed E-state index contributed by atoms with van der Waals surface area (Å²) in [7, 11) is 1.98. The van der Waals surface area contributed by atoms with Gasteiger partial charge in [0.1, 0.15) is 0 Å². The summed E-state index contributed by atoms with van der Waals surface area (Å²) in [5.74, 6) is 0.659. The Morgan fingerprint density at radius 1 is 1.50 bits per heavy atom. The molecule has 0 aliphatic carbocycles. The van der Waals surface area contributed by atoms with E-state index in [-0.39, 0.29) is 0 Å². The molecular weight excluding hydrogens is 174 g/mol. The molecule has 0 amide bonds. The molecule has 0 aliphatic rings. The SMILES string of the molecule is CNCCc1cn(CC(C)C)nc1C. The lowest BCUT2D eigenvalue weighted by atomic mass is 10.2. The van der Waals surface area contributed by atoms with Crippen molar-refractivity contribution in [2.45, 2.75) is 33.7 Å². The summed E-state index contributed by atoms with van der Waals surface area (Å²) in [6, 6.07) is 0. The first-order valence-electron chi connectivity index (χ1n) is 5.31. The van der Waals surface area contributed by atoms with E-state index in [1.807, 2.05) is 7.05 Å². The van der Waals surface area contributed by atoms with E-state index in [1.54, 1.807) is 0 Å². The third-order valence-electron chi connectivity index (χ3n) is 2.24. The smallest absolute Gasteiger partial charge is 0.0626 e. The van der Waals surface area contributed by atoms with Crippen molar-refractivity contribution in [2.75, 3.05) is 13.6 Å². The Labute approximate surface area is 86.5 Å². The molecule has 0 fully saturated rings. The van der Waals surface area contributed by atoms with E-state index in [4.69, 9.17) is 0 Å². The summed E-state index contributed by atoms with van der Waals surface area (Å²) in [6.07, 6.45) is 3.24. The van der Waals surface area contributed by atoms with Crippen LogP contribution in [0.2, 0.25) is 0 Å². The van der Waals surface area contributed by atoms with Gasteiger partial charge in [0.25, 0.3) is 0 Å². The second-order valence-corrected chi connectivity index (χ2v) is 4.21. The minimum Gasteiger partial charge on any atom is -0.319 e. The fourth-order valence-corrected chi connectivity index (χ4v) is 1.53. The van der Waals surface area contributed by atoms with Crippen molar-refractivity contribution in [3.8, 4) is 0 Å². The fraction of sp³-hybridized carbons (Fsp3) is 0.727. The van der Waals surface area contributed by atoms with Crippen LogP contribution < -0.4 is 5.32 Å². The van der Waals surface area contributed by atoms with Gasteiger partial charge in [0.2, 0.25) is 0 Å². The van der Waals surface area contributed by atoms with E-state index in [0.29, 0.717) is 5.92 Å². The van der Waals surface area contributed by atoms with Crippen LogP contribution >= 0.6 is 0 Å². The zero-order chi connectivity index (χ0) is 10.6. The third kappa shape index (κ3) is 3.14. The summed E-state index contributed by atoms with van der Waals surface area (Å²) in [5.41, 5.74) is 2.53.